The van der Waals surface area contributed by atoms with Crippen LogP contribution in [0.3, 0.4) is 0 Å². The molecule has 0 aliphatic heterocycles. The molecule has 4 nitrogen and oxygen atoms in total. The second-order valence-corrected chi connectivity index (χ2v) is 5.25. The summed E-state index contributed by atoms with van der Waals surface area (Å²) >= 11 is 11.3. The van der Waals surface area contributed by atoms with Crippen LogP contribution in [0.1, 0.15) is 18.2 Å². The highest BCUT2D eigenvalue weighted by Gasteiger charge is 2.04. The summed E-state index contributed by atoms with van der Waals surface area (Å²) in [7, 11) is 0. The fourth-order valence-electron chi connectivity index (χ4n) is 1.86. The number of halogens is 1. The van der Waals surface area contributed by atoms with Gasteiger partial charge in [-0.15, -0.1) is 0 Å². The number of rotatable bonds is 4. The van der Waals surface area contributed by atoms with Crippen LogP contribution in [0.25, 0.3) is 0 Å². The van der Waals surface area contributed by atoms with Crippen LogP contribution in [0, 0.1) is 6.92 Å². The minimum atomic E-state index is 0.569. The highest BCUT2D eigenvalue weighted by Crippen LogP contribution is 2.19. The predicted octanol–water partition coefficient (Wildman–Crippen LogP) is 3.35. The monoisotopic (exact) mass is 308 g/mol. The Balaban J connectivity index is 1.94. The number of nitrogens with zero attached hydrogens (tertiary/aromatic N) is 2. The molecule has 0 saturated carbocycles. The van der Waals surface area contributed by atoms with Gasteiger partial charge in [-0.2, -0.15) is 5.10 Å². The summed E-state index contributed by atoms with van der Waals surface area (Å²) in [4.78, 5) is 0. The van der Waals surface area contributed by atoms with Crippen molar-refractivity contribution in [1.82, 2.24) is 15.1 Å². The van der Waals surface area contributed by atoms with Gasteiger partial charge in [0.05, 0.1) is 12.2 Å². The molecule has 0 unspecified atom stereocenters. The second kappa shape index (κ2) is 6.72. The van der Waals surface area contributed by atoms with Crippen LogP contribution in [0.2, 0.25) is 5.02 Å². The highest BCUT2D eigenvalue weighted by molar-refractivity contribution is 7.80. The van der Waals surface area contributed by atoms with Gasteiger partial charge in [0, 0.05) is 23.5 Å². The molecule has 0 spiro atoms. The van der Waals surface area contributed by atoms with Crippen molar-refractivity contribution in [1.29, 1.82) is 0 Å². The summed E-state index contributed by atoms with van der Waals surface area (Å²) in [6.07, 6.45) is 1.79. The molecular formula is C14H17ClN4S. The van der Waals surface area contributed by atoms with E-state index >= 15 is 0 Å². The zero-order valence-corrected chi connectivity index (χ0v) is 13.1. The number of benzene rings is 1. The summed E-state index contributed by atoms with van der Waals surface area (Å²) in [6.45, 7) is 5.55. The standard InChI is InChI=1S/C14H17ClN4S/c1-3-19-12(6-7-17-19)9-16-14(20)18-13-8-11(15)5-4-10(13)2/h4-8H,3,9H2,1-2H3,(H2,16,18,20). The van der Waals surface area contributed by atoms with E-state index in [1.54, 1.807) is 6.20 Å². The van der Waals surface area contributed by atoms with Crippen molar-refractivity contribution in [2.75, 3.05) is 5.32 Å². The molecule has 1 aromatic heterocycles. The van der Waals surface area contributed by atoms with E-state index in [1.165, 1.54) is 0 Å². The van der Waals surface area contributed by atoms with Gasteiger partial charge in [0.25, 0.3) is 0 Å². The van der Waals surface area contributed by atoms with Gasteiger partial charge in [-0.1, -0.05) is 17.7 Å². The summed E-state index contributed by atoms with van der Waals surface area (Å²) in [5.41, 5.74) is 3.11. The molecule has 0 bridgehead atoms. The molecule has 0 radical (unpaired) electrons. The molecular weight excluding hydrogens is 292 g/mol. The first-order valence-corrected chi connectivity index (χ1v) is 7.20. The molecule has 0 aliphatic carbocycles. The van der Waals surface area contributed by atoms with Gasteiger partial charge in [-0.05, 0) is 49.8 Å². The van der Waals surface area contributed by atoms with E-state index < -0.39 is 0 Å². The average molecular weight is 309 g/mol. The van der Waals surface area contributed by atoms with Crippen LogP contribution in [-0.2, 0) is 13.1 Å². The molecule has 0 fully saturated rings. The van der Waals surface area contributed by atoms with Gasteiger partial charge in [0.1, 0.15) is 0 Å². The molecule has 0 amide bonds. The van der Waals surface area contributed by atoms with Crippen molar-refractivity contribution < 1.29 is 0 Å². The number of anilines is 1. The lowest BCUT2D eigenvalue weighted by Crippen LogP contribution is -2.29. The van der Waals surface area contributed by atoms with Gasteiger partial charge in [0.15, 0.2) is 5.11 Å². The lowest BCUT2D eigenvalue weighted by Gasteiger charge is -2.13. The lowest BCUT2D eigenvalue weighted by molar-refractivity contribution is 0.614. The topological polar surface area (TPSA) is 41.9 Å². The van der Waals surface area contributed by atoms with Crippen molar-refractivity contribution >= 4 is 34.6 Å². The van der Waals surface area contributed by atoms with Gasteiger partial charge in [-0.3, -0.25) is 4.68 Å². The zero-order valence-electron chi connectivity index (χ0n) is 11.5. The van der Waals surface area contributed by atoms with E-state index in [0.717, 1.165) is 23.5 Å². The van der Waals surface area contributed by atoms with Crippen LogP contribution in [0.4, 0.5) is 5.69 Å². The van der Waals surface area contributed by atoms with Crippen LogP contribution in [-0.4, -0.2) is 14.9 Å². The molecule has 0 atom stereocenters. The lowest BCUT2D eigenvalue weighted by atomic mass is 10.2. The molecule has 6 heteroatoms. The van der Waals surface area contributed by atoms with Crippen molar-refractivity contribution in [3.05, 3.63) is 46.7 Å². The maximum Gasteiger partial charge on any atom is 0.171 e. The van der Waals surface area contributed by atoms with Crippen LogP contribution < -0.4 is 10.6 Å². The van der Waals surface area contributed by atoms with Crippen molar-refractivity contribution in [3.8, 4) is 0 Å². The number of thiocarbonyl (C=S) groups is 1. The Hall–Kier alpha value is -1.59. The van der Waals surface area contributed by atoms with Crippen LogP contribution in [0.15, 0.2) is 30.5 Å². The van der Waals surface area contributed by atoms with Gasteiger partial charge < -0.3 is 10.6 Å². The largest absolute Gasteiger partial charge is 0.357 e. The fourth-order valence-corrected chi connectivity index (χ4v) is 2.22. The van der Waals surface area contributed by atoms with Crippen LogP contribution >= 0.6 is 23.8 Å². The SMILES string of the molecule is CCn1nccc1CNC(=S)Nc1cc(Cl)ccc1C. The third kappa shape index (κ3) is 3.71. The van der Waals surface area contributed by atoms with Gasteiger partial charge in [0.2, 0.25) is 0 Å². The first-order chi connectivity index (χ1) is 9.60. The normalized spacial score (nSPS) is 10.3. The molecule has 1 heterocycles. The predicted molar refractivity (Wildman–Crippen MR) is 87.2 cm³/mol. The maximum atomic E-state index is 5.98. The van der Waals surface area contributed by atoms with E-state index in [0.29, 0.717) is 16.7 Å². The number of hydrogen-bond donors (Lipinski definition) is 2. The molecule has 106 valence electrons. The molecule has 2 rings (SSSR count). The number of aromatic nitrogens is 2. The first-order valence-electron chi connectivity index (χ1n) is 6.42. The van der Waals surface area contributed by atoms with Crippen molar-refractivity contribution in [2.45, 2.75) is 26.9 Å². The van der Waals surface area contributed by atoms with E-state index in [9.17, 15) is 0 Å². The maximum absolute atomic E-state index is 5.98. The Labute approximate surface area is 129 Å². The highest BCUT2D eigenvalue weighted by atomic mass is 35.5. The van der Waals surface area contributed by atoms with E-state index in [4.69, 9.17) is 23.8 Å². The van der Waals surface area contributed by atoms with Gasteiger partial charge in [-0.25, -0.2) is 0 Å². The second-order valence-electron chi connectivity index (χ2n) is 4.41. The first kappa shape index (κ1) is 14.8. The Morgan fingerprint density at radius 2 is 2.20 bits per heavy atom. The van der Waals surface area contributed by atoms with E-state index in [2.05, 4.69) is 22.7 Å². The van der Waals surface area contributed by atoms with Crippen molar-refractivity contribution in [3.63, 3.8) is 0 Å². The fraction of sp³-hybridized carbons (Fsp3) is 0.286. The Morgan fingerprint density at radius 1 is 1.40 bits per heavy atom. The van der Waals surface area contributed by atoms with E-state index in [1.807, 2.05) is 35.9 Å². The molecule has 1 aromatic carbocycles. The Kier molecular flexibility index (Phi) is 4.98. The summed E-state index contributed by atoms with van der Waals surface area (Å²) in [5, 5.41) is 11.8. The summed E-state index contributed by atoms with van der Waals surface area (Å²) in [6, 6.07) is 7.66. The molecule has 20 heavy (non-hydrogen) atoms. The van der Waals surface area contributed by atoms with E-state index in [-0.39, 0.29) is 0 Å². The minimum Gasteiger partial charge on any atom is -0.357 e. The number of aryl methyl sites for hydroxylation is 2. The Morgan fingerprint density at radius 3 is 2.95 bits per heavy atom. The molecule has 2 N–H and O–H groups in total. The average Bonchev–Trinajstić information content (AvgIpc) is 2.88. The number of hydrogen-bond acceptors (Lipinski definition) is 2. The zero-order chi connectivity index (χ0) is 14.5. The molecule has 0 saturated heterocycles. The van der Waals surface area contributed by atoms with Gasteiger partial charge >= 0.3 is 0 Å². The molecule has 0 aliphatic rings. The third-order valence-corrected chi connectivity index (χ3v) is 3.46. The van der Waals surface area contributed by atoms with Crippen molar-refractivity contribution in [2.24, 2.45) is 0 Å². The Bertz CT molecular complexity index is 609. The molecule has 2 aromatic rings. The summed E-state index contributed by atoms with van der Waals surface area (Å²) < 4.78 is 1.93. The third-order valence-electron chi connectivity index (χ3n) is 2.98. The summed E-state index contributed by atoms with van der Waals surface area (Å²) in [5.74, 6) is 0. The van der Waals surface area contributed by atoms with Crippen LogP contribution in [0.5, 0.6) is 0 Å². The number of nitrogens with one attached hydrogen (secondary N) is 2. The smallest absolute Gasteiger partial charge is 0.171 e. The quantitative estimate of drug-likeness (QED) is 0.850. The minimum absolute atomic E-state index is 0.569.